The van der Waals surface area contributed by atoms with Gasteiger partial charge < -0.3 is 16.0 Å². The lowest BCUT2D eigenvalue weighted by molar-refractivity contribution is -0.122. The van der Waals surface area contributed by atoms with Crippen molar-refractivity contribution in [3.05, 3.63) is 58.1 Å². The van der Waals surface area contributed by atoms with E-state index >= 15 is 0 Å². The molecule has 0 unspecified atom stereocenters. The van der Waals surface area contributed by atoms with Crippen molar-refractivity contribution in [2.75, 3.05) is 10.6 Å². The second-order valence-electron chi connectivity index (χ2n) is 6.82. The maximum atomic E-state index is 12.3. The largest absolute Gasteiger partial charge is 0.326 e. The average molecular weight is 492 g/mol. The SMILES string of the molecule is CC(=O)Nc1cccc(/C(C)=N\N=C2/NC(=O)[C@H](CC(=O)Nc3ccc(Cl)cc3Cl)S2)c1. The zero-order valence-electron chi connectivity index (χ0n) is 17.1. The Bertz CT molecular complexity index is 1140. The van der Waals surface area contributed by atoms with E-state index in [4.69, 9.17) is 23.2 Å². The standard InChI is InChI=1S/C21H19Cl2N5O3S/c1-11(13-4-3-5-15(8-13)24-12(2)29)27-28-21-26-20(31)18(32-21)10-19(30)25-17-7-6-14(22)9-16(17)23/h3-9,18H,10H2,1-2H3,(H,24,29)(H,25,30)(H,26,28,31)/b27-11-/t18-/m0/s1. The number of anilines is 2. The molecule has 0 bridgehead atoms. The number of benzene rings is 2. The maximum Gasteiger partial charge on any atom is 0.240 e. The minimum atomic E-state index is -0.640. The number of halogens is 2. The highest BCUT2D eigenvalue weighted by molar-refractivity contribution is 8.15. The van der Waals surface area contributed by atoms with E-state index in [0.29, 0.717) is 32.3 Å². The molecule has 2 aromatic rings. The highest BCUT2D eigenvalue weighted by atomic mass is 35.5. The van der Waals surface area contributed by atoms with Crippen LogP contribution in [0.3, 0.4) is 0 Å². The highest BCUT2D eigenvalue weighted by Crippen LogP contribution is 2.27. The van der Waals surface area contributed by atoms with Gasteiger partial charge >= 0.3 is 0 Å². The number of hydrogen-bond donors (Lipinski definition) is 3. The summed E-state index contributed by atoms with van der Waals surface area (Å²) in [7, 11) is 0. The van der Waals surface area contributed by atoms with Crippen molar-refractivity contribution in [3.8, 4) is 0 Å². The summed E-state index contributed by atoms with van der Waals surface area (Å²) in [6.07, 6.45) is -0.0596. The van der Waals surface area contributed by atoms with Crippen LogP contribution in [0.2, 0.25) is 10.0 Å². The van der Waals surface area contributed by atoms with Crippen LogP contribution in [0.5, 0.6) is 0 Å². The molecule has 3 amide bonds. The number of nitrogens with zero attached hydrogens (tertiary/aromatic N) is 2. The van der Waals surface area contributed by atoms with Gasteiger partial charge in [0.2, 0.25) is 17.7 Å². The Labute approximate surface area is 198 Å². The summed E-state index contributed by atoms with van der Waals surface area (Å²) in [4.78, 5) is 35.8. The topological polar surface area (TPSA) is 112 Å². The van der Waals surface area contributed by atoms with Gasteiger partial charge in [-0.15, -0.1) is 5.10 Å². The molecule has 0 aromatic heterocycles. The molecule has 32 heavy (non-hydrogen) atoms. The van der Waals surface area contributed by atoms with E-state index in [2.05, 4.69) is 26.2 Å². The number of amidine groups is 1. The molecule has 11 heteroatoms. The van der Waals surface area contributed by atoms with Gasteiger partial charge in [-0.05, 0) is 42.8 Å². The first-order valence-electron chi connectivity index (χ1n) is 9.44. The zero-order chi connectivity index (χ0) is 23.3. The lowest BCUT2D eigenvalue weighted by atomic mass is 10.1. The van der Waals surface area contributed by atoms with Crippen LogP contribution < -0.4 is 16.0 Å². The fourth-order valence-electron chi connectivity index (χ4n) is 2.75. The Morgan fingerprint density at radius 1 is 1.12 bits per heavy atom. The van der Waals surface area contributed by atoms with Gasteiger partial charge in [-0.25, -0.2) is 0 Å². The summed E-state index contributed by atoms with van der Waals surface area (Å²) in [5, 5.41) is 16.7. The van der Waals surface area contributed by atoms with Crippen LogP contribution in [-0.4, -0.2) is 33.9 Å². The van der Waals surface area contributed by atoms with Crippen molar-refractivity contribution in [2.24, 2.45) is 10.2 Å². The normalized spacial score (nSPS) is 17.2. The molecule has 1 heterocycles. The van der Waals surface area contributed by atoms with Crippen LogP contribution in [0.4, 0.5) is 11.4 Å². The van der Waals surface area contributed by atoms with Crippen molar-refractivity contribution in [2.45, 2.75) is 25.5 Å². The zero-order valence-corrected chi connectivity index (χ0v) is 19.4. The maximum absolute atomic E-state index is 12.3. The van der Waals surface area contributed by atoms with Gasteiger partial charge in [0.15, 0.2) is 5.17 Å². The van der Waals surface area contributed by atoms with E-state index in [1.165, 1.54) is 13.0 Å². The molecule has 3 N–H and O–H groups in total. The number of amides is 3. The first-order valence-corrected chi connectivity index (χ1v) is 11.1. The molecule has 2 aromatic carbocycles. The van der Waals surface area contributed by atoms with E-state index in [1.54, 1.807) is 37.3 Å². The summed E-state index contributed by atoms with van der Waals surface area (Å²) >= 11 is 13.0. The van der Waals surface area contributed by atoms with E-state index in [-0.39, 0.29) is 24.1 Å². The number of carbonyl (C=O) groups is 3. The van der Waals surface area contributed by atoms with Gasteiger partial charge in [0, 0.05) is 24.1 Å². The Morgan fingerprint density at radius 3 is 2.62 bits per heavy atom. The summed E-state index contributed by atoms with van der Waals surface area (Å²) in [5.74, 6) is -0.861. The Balaban J connectivity index is 1.62. The molecule has 1 atom stereocenters. The van der Waals surface area contributed by atoms with E-state index < -0.39 is 5.25 Å². The molecule has 1 saturated heterocycles. The van der Waals surface area contributed by atoms with Crippen molar-refractivity contribution in [1.29, 1.82) is 0 Å². The average Bonchev–Trinajstić information content (AvgIpc) is 3.07. The van der Waals surface area contributed by atoms with Crippen molar-refractivity contribution in [1.82, 2.24) is 5.32 Å². The van der Waals surface area contributed by atoms with Crippen LogP contribution in [-0.2, 0) is 14.4 Å². The van der Waals surface area contributed by atoms with Crippen LogP contribution in [0.25, 0.3) is 0 Å². The minimum Gasteiger partial charge on any atom is -0.326 e. The van der Waals surface area contributed by atoms with Crippen molar-refractivity contribution >= 4 is 74.9 Å². The van der Waals surface area contributed by atoms with Crippen LogP contribution in [0.15, 0.2) is 52.7 Å². The molecular weight excluding hydrogens is 473 g/mol. The predicted octanol–water partition coefficient (Wildman–Crippen LogP) is 4.29. The molecular formula is C21H19Cl2N5O3S. The molecule has 1 fully saturated rings. The van der Waals surface area contributed by atoms with E-state index in [0.717, 1.165) is 17.3 Å². The van der Waals surface area contributed by atoms with Crippen molar-refractivity contribution < 1.29 is 14.4 Å². The monoisotopic (exact) mass is 491 g/mol. The van der Waals surface area contributed by atoms with Gasteiger partial charge in [-0.3, -0.25) is 14.4 Å². The third kappa shape index (κ3) is 6.56. The van der Waals surface area contributed by atoms with Gasteiger partial charge in [-0.2, -0.15) is 5.10 Å². The number of nitrogens with one attached hydrogen (secondary N) is 3. The molecule has 1 aliphatic rings. The summed E-state index contributed by atoms with van der Waals surface area (Å²) in [6.45, 7) is 3.19. The van der Waals surface area contributed by atoms with Gasteiger partial charge in [0.05, 0.1) is 16.4 Å². The van der Waals surface area contributed by atoms with Crippen LogP contribution in [0, 0.1) is 0 Å². The molecule has 1 aliphatic heterocycles. The fourth-order valence-corrected chi connectivity index (χ4v) is 4.12. The quantitative estimate of drug-likeness (QED) is 0.413. The number of thioether (sulfide) groups is 1. The third-order valence-corrected chi connectivity index (χ3v) is 5.86. The Hall–Kier alpha value is -2.88. The Morgan fingerprint density at radius 2 is 1.91 bits per heavy atom. The predicted molar refractivity (Wildman–Crippen MR) is 130 cm³/mol. The lowest BCUT2D eigenvalue weighted by Gasteiger charge is -2.09. The molecule has 0 radical (unpaired) electrons. The van der Waals surface area contributed by atoms with Crippen molar-refractivity contribution in [3.63, 3.8) is 0 Å². The number of rotatable bonds is 6. The van der Waals surface area contributed by atoms with E-state index in [9.17, 15) is 14.4 Å². The number of carbonyl (C=O) groups excluding carboxylic acids is 3. The summed E-state index contributed by atoms with van der Waals surface area (Å²) < 4.78 is 0. The fraction of sp³-hybridized carbons (Fsp3) is 0.190. The first kappa shape index (κ1) is 23.8. The first-order chi connectivity index (χ1) is 15.2. The molecule has 3 rings (SSSR count). The second kappa shape index (κ2) is 10.6. The van der Waals surface area contributed by atoms with Gasteiger partial charge in [0.25, 0.3) is 0 Å². The number of hydrogen-bond acceptors (Lipinski definition) is 6. The van der Waals surface area contributed by atoms with E-state index in [1.807, 2.05) is 6.07 Å². The Kier molecular flexibility index (Phi) is 7.89. The second-order valence-corrected chi connectivity index (χ2v) is 8.86. The van der Waals surface area contributed by atoms with Crippen LogP contribution in [0.1, 0.15) is 25.8 Å². The molecule has 0 aliphatic carbocycles. The summed E-state index contributed by atoms with van der Waals surface area (Å²) in [5.41, 5.74) is 2.43. The smallest absolute Gasteiger partial charge is 0.240 e. The molecule has 0 spiro atoms. The van der Waals surface area contributed by atoms with Crippen LogP contribution >= 0.6 is 35.0 Å². The third-order valence-electron chi connectivity index (χ3n) is 4.24. The molecule has 8 nitrogen and oxygen atoms in total. The van der Waals surface area contributed by atoms with Gasteiger partial charge in [-0.1, -0.05) is 47.1 Å². The lowest BCUT2D eigenvalue weighted by Crippen LogP contribution is -2.28. The minimum absolute atomic E-state index is 0.0596. The molecule has 0 saturated carbocycles. The molecule has 166 valence electrons. The highest BCUT2D eigenvalue weighted by Gasteiger charge is 2.32. The summed E-state index contributed by atoms with van der Waals surface area (Å²) in [6, 6.07) is 11.9. The van der Waals surface area contributed by atoms with Gasteiger partial charge in [0.1, 0.15) is 5.25 Å².